The van der Waals surface area contributed by atoms with Crippen LogP contribution < -0.4 is 0 Å². The predicted octanol–water partition coefficient (Wildman–Crippen LogP) is 3.03. The number of morpholine rings is 1. The third-order valence-corrected chi connectivity index (χ3v) is 5.82. The number of nitrogens with zero attached hydrogens (tertiary/aromatic N) is 3. The number of halogens is 3. The molecule has 0 radical (unpaired) electrons. The summed E-state index contributed by atoms with van der Waals surface area (Å²) < 4.78 is 47.7. The van der Waals surface area contributed by atoms with Gasteiger partial charge in [0.05, 0.1) is 13.2 Å². The second-order valence-corrected chi connectivity index (χ2v) is 7.92. The van der Waals surface area contributed by atoms with E-state index < -0.39 is 18.4 Å². The monoisotopic (exact) mass is 429 g/mol. The zero-order chi connectivity index (χ0) is 21.7. The average Bonchev–Trinajstić information content (AvgIpc) is 2.71. The highest BCUT2D eigenvalue weighted by Gasteiger charge is 2.40. The molecule has 9 heteroatoms. The number of ether oxygens (including phenoxy) is 2. The molecule has 2 fully saturated rings. The van der Waals surface area contributed by atoms with Crippen molar-refractivity contribution in [2.24, 2.45) is 0 Å². The Labute approximate surface area is 175 Å². The second-order valence-electron chi connectivity index (χ2n) is 7.92. The maximum absolute atomic E-state index is 12.6. The molecule has 3 rings (SSSR count). The molecule has 2 aliphatic heterocycles. The minimum absolute atomic E-state index is 0.357. The summed E-state index contributed by atoms with van der Waals surface area (Å²) in [4.78, 5) is 17.9. The summed E-state index contributed by atoms with van der Waals surface area (Å²) in [5, 5.41) is 0. The Bertz CT molecular complexity index is 715. The number of piperazine rings is 1. The van der Waals surface area contributed by atoms with Crippen LogP contribution in [-0.4, -0.2) is 85.6 Å². The van der Waals surface area contributed by atoms with Gasteiger partial charge < -0.3 is 14.4 Å². The Kier molecular flexibility index (Phi) is 7.60. The highest BCUT2D eigenvalue weighted by Crippen LogP contribution is 2.23. The largest absolute Gasteiger partial charge is 0.437 e. The Balaban J connectivity index is 1.51. The molecule has 1 amide bonds. The van der Waals surface area contributed by atoms with Gasteiger partial charge in [0.25, 0.3) is 0 Å². The summed E-state index contributed by atoms with van der Waals surface area (Å²) in [5.74, 6) is 0. The molecule has 1 unspecified atom stereocenters. The van der Waals surface area contributed by atoms with Crippen LogP contribution in [0.2, 0.25) is 0 Å². The van der Waals surface area contributed by atoms with E-state index in [1.807, 2.05) is 0 Å². The van der Waals surface area contributed by atoms with Crippen LogP contribution in [0.4, 0.5) is 18.0 Å². The Morgan fingerprint density at radius 1 is 1.03 bits per heavy atom. The van der Waals surface area contributed by atoms with Crippen LogP contribution in [0, 0.1) is 6.92 Å². The Morgan fingerprint density at radius 2 is 1.57 bits per heavy atom. The number of benzene rings is 1. The molecule has 0 bridgehead atoms. The fourth-order valence-electron chi connectivity index (χ4n) is 3.70. The van der Waals surface area contributed by atoms with Crippen LogP contribution in [-0.2, 0) is 22.6 Å². The van der Waals surface area contributed by atoms with Gasteiger partial charge in [0.15, 0.2) is 6.10 Å². The zero-order valence-corrected chi connectivity index (χ0v) is 17.6. The first-order chi connectivity index (χ1) is 14.2. The van der Waals surface area contributed by atoms with Gasteiger partial charge in [-0.3, -0.25) is 9.80 Å². The van der Waals surface area contributed by atoms with Crippen LogP contribution in [0.3, 0.4) is 0 Å². The molecule has 6 nitrogen and oxygen atoms in total. The lowest BCUT2D eigenvalue weighted by Crippen LogP contribution is -2.49. The summed E-state index contributed by atoms with van der Waals surface area (Å²) in [6, 6.07) is 6.35. The van der Waals surface area contributed by atoms with Crippen molar-refractivity contribution in [1.82, 2.24) is 14.7 Å². The van der Waals surface area contributed by atoms with Gasteiger partial charge in [0.2, 0.25) is 0 Å². The number of hydrogen-bond donors (Lipinski definition) is 0. The van der Waals surface area contributed by atoms with Gasteiger partial charge in [0, 0.05) is 52.4 Å². The van der Waals surface area contributed by atoms with E-state index in [-0.39, 0.29) is 0 Å². The van der Waals surface area contributed by atoms with Crippen molar-refractivity contribution in [3.8, 4) is 0 Å². The van der Waals surface area contributed by atoms with E-state index in [1.54, 1.807) is 0 Å². The fourth-order valence-corrected chi connectivity index (χ4v) is 3.70. The molecule has 0 N–H and O–H groups in total. The number of amides is 1. The first kappa shape index (κ1) is 22.8. The lowest BCUT2D eigenvalue weighted by molar-refractivity contribution is -0.200. The van der Waals surface area contributed by atoms with E-state index >= 15 is 0 Å². The van der Waals surface area contributed by atoms with Gasteiger partial charge in [-0.2, -0.15) is 13.2 Å². The van der Waals surface area contributed by atoms with Gasteiger partial charge >= 0.3 is 12.3 Å². The molecule has 1 atom stereocenters. The molecule has 0 saturated carbocycles. The number of alkyl halides is 3. The molecule has 30 heavy (non-hydrogen) atoms. The number of carbonyl (C=O) groups is 1. The van der Waals surface area contributed by atoms with Crippen LogP contribution in [0.5, 0.6) is 0 Å². The van der Waals surface area contributed by atoms with Crippen molar-refractivity contribution in [2.45, 2.75) is 39.2 Å². The molecular formula is C21H30F3N3O3. The lowest BCUT2D eigenvalue weighted by atomic mass is 10.0. The van der Waals surface area contributed by atoms with Crippen LogP contribution in [0.1, 0.15) is 23.6 Å². The van der Waals surface area contributed by atoms with E-state index in [0.717, 1.165) is 46.3 Å². The summed E-state index contributed by atoms with van der Waals surface area (Å²) in [6.45, 7) is 9.98. The highest BCUT2D eigenvalue weighted by atomic mass is 19.4. The summed E-state index contributed by atoms with van der Waals surface area (Å²) in [5.41, 5.74) is 3.81. The zero-order valence-electron chi connectivity index (χ0n) is 17.6. The molecular weight excluding hydrogens is 399 g/mol. The third kappa shape index (κ3) is 6.09. The Morgan fingerprint density at radius 3 is 2.10 bits per heavy atom. The Hall–Kier alpha value is -1.84. The summed E-state index contributed by atoms with van der Waals surface area (Å²) in [6.07, 6.45) is -7.54. The van der Waals surface area contributed by atoms with Gasteiger partial charge in [0.1, 0.15) is 0 Å². The number of hydrogen-bond acceptors (Lipinski definition) is 5. The highest BCUT2D eigenvalue weighted by molar-refractivity contribution is 5.68. The van der Waals surface area contributed by atoms with E-state index in [4.69, 9.17) is 4.74 Å². The van der Waals surface area contributed by atoms with Crippen molar-refractivity contribution in [3.05, 3.63) is 34.9 Å². The predicted molar refractivity (Wildman–Crippen MR) is 106 cm³/mol. The van der Waals surface area contributed by atoms with Crippen LogP contribution >= 0.6 is 0 Å². The van der Waals surface area contributed by atoms with E-state index in [0.29, 0.717) is 26.2 Å². The maximum Gasteiger partial charge on any atom is 0.425 e. The minimum Gasteiger partial charge on any atom is -0.437 e. The summed E-state index contributed by atoms with van der Waals surface area (Å²) in [7, 11) is 0. The molecule has 0 spiro atoms. The van der Waals surface area contributed by atoms with Crippen molar-refractivity contribution in [2.75, 3.05) is 52.5 Å². The minimum atomic E-state index is -4.54. The number of carbonyl (C=O) groups excluding carboxylic acids is 1. The van der Waals surface area contributed by atoms with Gasteiger partial charge in [-0.1, -0.05) is 18.2 Å². The molecule has 0 aromatic heterocycles. The SMILES string of the molecule is Cc1c(CN2CCOCC2)cccc1CN1CCN(C(=O)OC(C)C(F)(F)F)CC1. The van der Waals surface area contributed by atoms with E-state index in [9.17, 15) is 18.0 Å². The fraction of sp³-hybridized carbons (Fsp3) is 0.667. The summed E-state index contributed by atoms with van der Waals surface area (Å²) >= 11 is 0. The van der Waals surface area contributed by atoms with Crippen molar-refractivity contribution < 1.29 is 27.4 Å². The van der Waals surface area contributed by atoms with E-state index in [1.165, 1.54) is 21.6 Å². The van der Waals surface area contributed by atoms with Crippen LogP contribution in [0.25, 0.3) is 0 Å². The first-order valence-electron chi connectivity index (χ1n) is 10.4. The quantitative estimate of drug-likeness (QED) is 0.720. The second kappa shape index (κ2) is 9.98. The van der Waals surface area contributed by atoms with Crippen molar-refractivity contribution >= 4 is 6.09 Å². The molecule has 1 aromatic rings. The van der Waals surface area contributed by atoms with Crippen molar-refractivity contribution in [3.63, 3.8) is 0 Å². The smallest absolute Gasteiger partial charge is 0.425 e. The van der Waals surface area contributed by atoms with Gasteiger partial charge in [-0.15, -0.1) is 0 Å². The molecule has 2 saturated heterocycles. The average molecular weight is 429 g/mol. The maximum atomic E-state index is 12.6. The molecule has 168 valence electrons. The molecule has 1 aromatic carbocycles. The van der Waals surface area contributed by atoms with Crippen LogP contribution in [0.15, 0.2) is 18.2 Å². The molecule has 0 aliphatic carbocycles. The topological polar surface area (TPSA) is 45.2 Å². The van der Waals surface area contributed by atoms with Gasteiger partial charge in [-0.25, -0.2) is 4.79 Å². The van der Waals surface area contributed by atoms with E-state index in [2.05, 4.69) is 39.7 Å². The van der Waals surface area contributed by atoms with Crippen molar-refractivity contribution in [1.29, 1.82) is 0 Å². The lowest BCUT2D eigenvalue weighted by Gasteiger charge is -2.35. The molecule has 2 aliphatic rings. The number of rotatable bonds is 5. The third-order valence-electron chi connectivity index (χ3n) is 5.82. The first-order valence-corrected chi connectivity index (χ1v) is 10.4. The normalized spacial score (nSPS) is 20.2. The molecule has 2 heterocycles. The van der Waals surface area contributed by atoms with Gasteiger partial charge in [-0.05, 0) is 30.5 Å². The standard InChI is InChI=1S/C21H30F3N3O3/c1-16-18(4-3-5-19(16)15-26-10-12-29-13-11-26)14-25-6-8-27(9-7-25)20(28)30-17(2)21(22,23)24/h3-5,17H,6-15H2,1-2H3.